The van der Waals surface area contributed by atoms with Crippen LogP contribution in [-0.4, -0.2) is 29.9 Å². The van der Waals surface area contributed by atoms with Gasteiger partial charge in [0.25, 0.3) is 0 Å². The number of rotatable bonds is 2. The zero-order valence-electron chi connectivity index (χ0n) is 10.5. The number of likely N-dealkylation sites (tertiary alicyclic amines) is 1. The van der Waals surface area contributed by atoms with Crippen LogP contribution in [0.5, 0.6) is 0 Å². The third-order valence-electron chi connectivity index (χ3n) is 4.04. The summed E-state index contributed by atoms with van der Waals surface area (Å²) in [5.41, 5.74) is 0.413. The van der Waals surface area contributed by atoms with E-state index in [-0.39, 0.29) is 30.2 Å². The summed E-state index contributed by atoms with van der Waals surface area (Å²) in [6, 6.07) is 4.83. The van der Waals surface area contributed by atoms with Crippen LogP contribution < -0.4 is 5.32 Å². The van der Waals surface area contributed by atoms with Crippen molar-refractivity contribution in [2.45, 2.75) is 25.4 Å². The second-order valence-corrected chi connectivity index (χ2v) is 5.64. The highest BCUT2D eigenvalue weighted by atomic mass is 35.5. The van der Waals surface area contributed by atoms with Crippen LogP contribution in [0, 0.1) is 11.7 Å². The maximum Gasteiger partial charge on any atom is 0.227 e. The molecular weight excluding hydrogens is 267 g/mol. The van der Waals surface area contributed by atoms with Gasteiger partial charge in [-0.1, -0.05) is 17.7 Å². The van der Waals surface area contributed by atoms with Gasteiger partial charge in [0.2, 0.25) is 5.91 Å². The van der Waals surface area contributed by atoms with Gasteiger partial charge in [-0.3, -0.25) is 4.79 Å². The highest BCUT2D eigenvalue weighted by Crippen LogP contribution is 2.29. The molecule has 0 spiro atoms. The molecule has 102 valence electrons. The Balaban J connectivity index is 1.79. The molecule has 0 bridgehead atoms. The molecule has 2 aliphatic heterocycles. The van der Waals surface area contributed by atoms with Gasteiger partial charge in [0.15, 0.2) is 0 Å². The van der Waals surface area contributed by atoms with E-state index in [4.69, 9.17) is 11.6 Å². The highest BCUT2D eigenvalue weighted by Gasteiger charge is 2.41. The summed E-state index contributed by atoms with van der Waals surface area (Å²) in [5.74, 6) is -0.168. The molecule has 0 aliphatic carbocycles. The van der Waals surface area contributed by atoms with Gasteiger partial charge in [0, 0.05) is 23.2 Å². The molecule has 3 rings (SSSR count). The van der Waals surface area contributed by atoms with E-state index in [9.17, 15) is 9.18 Å². The van der Waals surface area contributed by atoms with Crippen molar-refractivity contribution in [2.75, 3.05) is 13.1 Å². The van der Waals surface area contributed by atoms with Crippen LogP contribution in [0.3, 0.4) is 0 Å². The van der Waals surface area contributed by atoms with E-state index in [1.165, 1.54) is 6.07 Å². The first-order valence-electron chi connectivity index (χ1n) is 6.62. The standard InChI is InChI=1S/C14H16ClFN2O/c15-11-4-1-5-12(16)10(11)7-18-8-13-9(14(18)19)3-2-6-17-13/h1,4-5,9,13,17H,2-3,6-8H2. The Morgan fingerprint density at radius 3 is 3.05 bits per heavy atom. The maximum atomic E-state index is 13.8. The third-order valence-corrected chi connectivity index (χ3v) is 4.39. The van der Waals surface area contributed by atoms with Crippen LogP contribution >= 0.6 is 11.6 Å². The Bertz CT molecular complexity index is 488. The monoisotopic (exact) mass is 282 g/mol. The summed E-state index contributed by atoms with van der Waals surface area (Å²) in [7, 11) is 0. The average molecular weight is 283 g/mol. The fourth-order valence-electron chi connectivity index (χ4n) is 3.02. The van der Waals surface area contributed by atoms with Crippen molar-refractivity contribution < 1.29 is 9.18 Å². The molecule has 3 nitrogen and oxygen atoms in total. The number of benzene rings is 1. The molecule has 2 unspecified atom stereocenters. The van der Waals surface area contributed by atoms with Gasteiger partial charge in [-0.2, -0.15) is 0 Å². The number of carbonyl (C=O) groups is 1. The van der Waals surface area contributed by atoms with Crippen molar-refractivity contribution in [3.05, 3.63) is 34.6 Å². The second kappa shape index (κ2) is 5.10. The van der Waals surface area contributed by atoms with Crippen LogP contribution in [0.15, 0.2) is 18.2 Å². The van der Waals surface area contributed by atoms with Crippen LogP contribution in [0.1, 0.15) is 18.4 Å². The predicted octanol–water partition coefficient (Wildman–Crippen LogP) is 2.19. The normalized spacial score (nSPS) is 26.6. The van der Waals surface area contributed by atoms with E-state index in [1.807, 2.05) is 0 Å². The molecule has 1 amide bonds. The topological polar surface area (TPSA) is 32.3 Å². The number of nitrogens with zero attached hydrogens (tertiary/aromatic N) is 1. The van der Waals surface area contributed by atoms with Crippen molar-refractivity contribution in [1.82, 2.24) is 10.2 Å². The molecule has 0 aromatic heterocycles. The highest BCUT2D eigenvalue weighted by molar-refractivity contribution is 6.31. The number of halogens is 2. The molecule has 1 aromatic carbocycles. The second-order valence-electron chi connectivity index (χ2n) is 5.23. The molecule has 2 aliphatic rings. The van der Waals surface area contributed by atoms with Crippen LogP contribution in [0.2, 0.25) is 5.02 Å². The smallest absolute Gasteiger partial charge is 0.227 e. The van der Waals surface area contributed by atoms with Gasteiger partial charge >= 0.3 is 0 Å². The molecule has 0 radical (unpaired) electrons. The van der Waals surface area contributed by atoms with E-state index in [0.717, 1.165) is 19.4 Å². The number of hydrogen-bond donors (Lipinski definition) is 1. The lowest BCUT2D eigenvalue weighted by Crippen LogP contribution is -2.41. The lowest BCUT2D eigenvalue weighted by molar-refractivity contribution is -0.131. The van der Waals surface area contributed by atoms with Gasteiger partial charge in [-0.05, 0) is 31.5 Å². The molecule has 1 N–H and O–H groups in total. The average Bonchev–Trinajstić information content (AvgIpc) is 2.72. The van der Waals surface area contributed by atoms with Gasteiger partial charge in [-0.25, -0.2) is 4.39 Å². The molecule has 2 saturated heterocycles. The number of amides is 1. The van der Waals surface area contributed by atoms with Gasteiger partial charge < -0.3 is 10.2 Å². The molecule has 2 heterocycles. The van der Waals surface area contributed by atoms with Gasteiger partial charge in [0.1, 0.15) is 5.82 Å². The first kappa shape index (κ1) is 12.9. The number of piperidine rings is 1. The summed E-state index contributed by atoms with van der Waals surface area (Å²) < 4.78 is 13.8. The van der Waals surface area contributed by atoms with Crippen molar-refractivity contribution in [3.8, 4) is 0 Å². The maximum absolute atomic E-state index is 13.8. The van der Waals surface area contributed by atoms with Crippen LogP contribution in [0.4, 0.5) is 4.39 Å². The predicted molar refractivity (Wildman–Crippen MR) is 71.3 cm³/mol. The Morgan fingerprint density at radius 1 is 1.47 bits per heavy atom. The summed E-state index contributed by atoms with van der Waals surface area (Å²) in [4.78, 5) is 14.0. The van der Waals surface area contributed by atoms with Crippen molar-refractivity contribution >= 4 is 17.5 Å². The summed E-state index contributed by atoms with van der Waals surface area (Å²) in [6.45, 7) is 1.87. The fraction of sp³-hybridized carbons (Fsp3) is 0.500. The van der Waals surface area contributed by atoms with Crippen molar-refractivity contribution in [3.63, 3.8) is 0 Å². The summed E-state index contributed by atoms with van der Waals surface area (Å²) >= 11 is 6.01. The van der Waals surface area contributed by atoms with E-state index in [0.29, 0.717) is 17.1 Å². The number of hydrogen-bond acceptors (Lipinski definition) is 2. The minimum Gasteiger partial charge on any atom is -0.336 e. The zero-order chi connectivity index (χ0) is 13.4. The fourth-order valence-corrected chi connectivity index (χ4v) is 3.24. The lowest BCUT2D eigenvalue weighted by Gasteiger charge is -2.23. The van der Waals surface area contributed by atoms with Crippen LogP contribution in [0.25, 0.3) is 0 Å². The summed E-state index contributed by atoms with van der Waals surface area (Å²) in [6.07, 6.45) is 1.96. The van der Waals surface area contributed by atoms with E-state index in [1.54, 1.807) is 17.0 Å². The Labute approximate surface area is 116 Å². The zero-order valence-corrected chi connectivity index (χ0v) is 11.3. The molecular formula is C14H16ClFN2O. The lowest BCUT2D eigenvalue weighted by atomic mass is 9.94. The Morgan fingerprint density at radius 2 is 2.32 bits per heavy atom. The van der Waals surface area contributed by atoms with Crippen molar-refractivity contribution in [2.24, 2.45) is 5.92 Å². The first-order valence-corrected chi connectivity index (χ1v) is 6.99. The first-order chi connectivity index (χ1) is 9.16. The van der Waals surface area contributed by atoms with Crippen LogP contribution in [-0.2, 0) is 11.3 Å². The summed E-state index contributed by atoms with van der Waals surface area (Å²) in [5, 5.41) is 3.75. The van der Waals surface area contributed by atoms with Gasteiger partial charge in [0.05, 0.1) is 12.5 Å². The van der Waals surface area contributed by atoms with E-state index >= 15 is 0 Å². The minimum absolute atomic E-state index is 0.0549. The Hall–Kier alpha value is -1.13. The Kier molecular flexibility index (Phi) is 3.46. The number of carbonyl (C=O) groups excluding carboxylic acids is 1. The van der Waals surface area contributed by atoms with Gasteiger partial charge in [-0.15, -0.1) is 0 Å². The number of fused-ring (bicyclic) bond motifs is 1. The molecule has 2 fully saturated rings. The molecule has 2 atom stereocenters. The SMILES string of the molecule is O=C1C2CCCNC2CN1Cc1c(F)cccc1Cl. The number of nitrogens with one attached hydrogen (secondary N) is 1. The quantitative estimate of drug-likeness (QED) is 0.902. The molecule has 19 heavy (non-hydrogen) atoms. The molecule has 0 saturated carbocycles. The van der Waals surface area contributed by atoms with E-state index in [2.05, 4.69) is 5.32 Å². The molecule has 5 heteroatoms. The van der Waals surface area contributed by atoms with Crippen molar-refractivity contribution in [1.29, 1.82) is 0 Å². The van der Waals surface area contributed by atoms with E-state index < -0.39 is 0 Å². The third kappa shape index (κ3) is 2.35. The minimum atomic E-state index is -0.344. The largest absolute Gasteiger partial charge is 0.336 e. The molecule has 1 aromatic rings.